The van der Waals surface area contributed by atoms with E-state index in [9.17, 15) is 9.59 Å². The molecule has 37 heavy (non-hydrogen) atoms. The number of pyridine rings is 1. The molecule has 0 radical (unpaired) electrons. The Kier molecular flexibility index (Phi) is 6.28. The van der Waals surface area contributed by atoms with Gasteiger partial charge in [-0.1, -0.05) is 26.7 Å². The molecule has 3 aliphatic rings. The average molecular weight is 501 g/mol. The number of oxazole rings is 1. The van der Waals surface area contributed by atoms with Gasteiger partial charge in [0.05, 0.1) is 24.6 Å². The fourth-order valence-electron chi connectivity index (χ4n) is 5.41. The van der Waals surface area contributed by atoms with Gasteiger partial charge < -0.3 is 19.4 Å². The van der Waals surface area contributed by atoms with Crippen molar-refractivity contribution in [2.45, 2.75) is 45.4 Å². The van der Waals surface area contributed by atoms with Crippen LogP contribution in [-0.2, 0) is 11.2 Å². The van der Waals surface area contributed by atoms with E-state index in [1.165, 1.54) is 19.1 Å². The Morgan fingerprint density at radius 1 is 1.22 bits per heavy atom. The quantitative estimate of drug-likeness (QED) is 0.482. The minimum atomic E-state index is -0.349. The van der Waals surface area contributed by atoms with E-state index < -0.39 is 0 Å². The van der Waals surface area contributed by atoms with Crippen molar-refractivity contribution < 1.29 is 18.7 Å². The first-order valence-corrected chi connectivity index (χ1v) is 13.2. The number of fused-ring (bicyclic) bond motifs is 1. The van der Waals surface area contributed by atoms with Crippen molar-refractivity contribution in [1.29, 1.82) is 0 Å². The van der Waals surface area contributed by atoms with Gasteiger partial charge >= 0.3 is 0 Å². The van der Waals surface area contributed by atoms with Crippen LogP contribution in [0, 0.1) is 11.8 Å². The molecule has 1 N–H and O–H groups in total. The van der Waals surface area contributed by atoms with Crippen LogP contribution in [0.15, 0.2) is 41.1 Å². The largest absolute Gasteiger partial charge is 0.444 e. The number of ether oxygens (including phenoxy) is 1. The summed E-state index contributed by atoms with van der Waals surface area (Å²) in [4.78, 5) is 37.2. The zero-order valence-electron chi connectivity index (χ0n) is 21.3. The molecule has 1 saturated heterocycles. The van der Waals surface area contributed by atoms with Gasteiger partial charge in [0.2, 0.25) is 5.89 Å². The van der Waals surface area contributed by atoms with Gasteiger partial charge in [-0.15, -0.1) is 0 Å². The zero-order chi connectivity index (χ0) is 25.5. The number of amides is 1. The molecule has 1 aliphatic heterocycles. The van der Waals surface area contributed by atoms with E-state index in [4.69, 9.17) is 9.15 Å². The van der Waals surface area contributed by atoms with Crippen LogP contribution in [0.3, 0.4) is 0 Å². The predicted molar refractivity (Wildman–Crippen MR) is 140 cm³/mol. The fraction of sp³-hybridized carbons (Fsp3) is 0.448. The van der Waals surface area contributed by atoms with Gasteiger partial charge in [0, 0.05) is 42.0 Å². The van der Waals surface area contributed by atoms with Crippen LogP contribution in [0.1, 0.15) is 71.1 Å². The van der Waals surface area contributed by atoms with Crippen LogP contribution in [0.5, 0.6) is 0 Å². The molecule has 2 aromatic heterocycles. The number of hydrogen-bond acceptors (Lipinski definition) is 7. The molecule has 2 unspecified atom stereocenters. The predicted octanol–water partition coefficient (Wildman–Crippen LogP) is 5.10. The van der Waals surface area contributed by atoms with E-state index >= 15 is 0 Å². The minimum Gasteiger partial charge on any atom is -0.444 e. The highest BCUT2D eigenvalue weighted by molar-refractivity contribution is 6.08. The number of hydrogen-bond donors (Lipinski definition) is 1. The molecule has 2 atom stereocenters. The number of ketones is 1. The van der Waals surface area contributed by atoms with E-state index in [-0.39, 0.29) is 23.3 Å². The van der Waals surface area contributed by atoms with Crippen molar-refractivity contribution in [3.05, 3.63) is 59.2 Å². The third-order valence-corrected chi connectivity index (χ3v) is 7.71. The number of aromatic nitrogens is 2. The van der Waals surface area contributed by atoms with E-state index in [1.807, 2.05) is 31.2 Å². The molecule has 8 nitrogen and oxygen atoms in total. The van der Waals surface area contributed by atoms with Crippen LogP contribution < -0.4 is 10.2 Å². The Morgan fingerprint density at radius 3 is 2.81 bits per heavy atom. The van der Waals surface area contributed by atoms with Crippen LogP contribution >= 0.6 is 0 Å². The summed E-state index contributed by atoms with van der Waals surface area (Å²) in [6.07, 6.45) is 7.62. The van der Waals surface area contributed by atoms with Crippen molar-refractivity contribution in [3.8, 4) is 11.5 Å². The molecule has 1 saturated carbocycles. The van der Waals surface area contributed by atoms with Crippen LogP contribution in [0.4, 0.5) is 11.4 Å². The lowest BCUT2D eigenvalue weighted by molar-refractivity contribution is 0.0945. The minimum absolute atomic E-state index is 0.0474. The van der Waals surface area contributed by atoms with Gasteiger partial charge in [-0.3, -0.25) is 14.6 Å². The molecule has 8 heteroatoms. The van der Waals surface area contributed by atoms with Gasteiger partial charge in [0.15, 0.2) is 11.5 Å². The van der Waals surface area contributed by atoms with Crippen LogP contribution in [0.25, 0.3) is 11.5 Å². The number of morpholine rings is 1. The summed E-state index contributed by atoms with van der Waals surface area (Å²) in [5.41, 5.74) is 5.27. The maximum atomic E-state index is 13.3. The lowest BCUT2D eigenvalue weighted by Gasteiger charge is -2.31. The van der Waals surface area contributed by atoms with Gasteiger partial charge in [0.1, 0.15) is 6.26 Å². The van der Waals surface area contributed by atoms with Crippen molar-refractivity contribution >= 4 is 23.1 Å². The summed E-state index contributed by atoms with van der Waals surface area (Å²) >= 11 is 0. The Bertz CT molecular complexity index is 1340. The number of nitrogens with one attached hydrogen (secondary N) is 1. The molecular formula is C29H32N4O4. The second-order valence-electron chi connectivity index (χ2n) is 10.6. The summed E-state index contributed by atoms with van der Waals surface area (Å²) in [5.74, 6) is 1.35. The molecule has 0 spiro atoms. The number of carbonyl (C=O) groups excluding carboxylic acids is 2. The molecule has 1 amide bonds. The molecule has 192 valence electrons. The third-order valence-electron chi connectivity index (χ3n) is 7.71. The number of anilines is 2. The molecule has 1 aromatic carbocycles. The number of nitrogens with zero attached hydrogens (tertiary/aromatic N) is 3. The molecule has 0 bridgehead atoms. The second kappa shape index (κ2) is 9.74. The van der Waals surface area contributed by atoms with Gasteiger partial charge in [-0.05, 0) is 54.5 Å². The third kappa shape index (κ3) is 4.90. The Hall–Kier alpha value is -3.52. The number of benzene rings is 1. The zero-order valence-corrected chi connectivity index (χ0v) is 21.3. The fourth-order valence-corrected chi connectivity index (χ4v) is 5.41. The highest BCUT2D eigenvalue weighted by Gasteiger charge is 2.30. The molecule has 3 heterocycles. The van der Waals surface area contributed by atoms with E-state index in [1.54, 1.807) is 6.20 Å². The van der Waals surface area contributed by atoms with E-state index in [0.717, 1.165) is 40.4 Å². The van der Waals surface area contributed by atoms with E-state index in [0.29, 0.717) is 50.2 Å². The van der Waals surface area contributed by atoms with Crippen molar-refractivity contribution in [1.82, 2.24) is 9.97 Å². The maximum Gasteiger partial charge on any atom is 0.277 e. The highest BCUT2D eigenvalue weighted by Crippen LogP contribution is 2.39. The summed E-state index contributed by atoms with van der Waals surface area (Å²) < 4.78 is 11.2. The van der Waals surface area contributed by atoms with Crippen LogP contribution in [-0.4, -0.2) is 48.0 Å². The topological polar surface area (TPSA) is 97.6 Å². The smallest absolute Gasteiger partial charge is 0.277 e. The Morgan fingerprint density at radius 2 is 2.03 bits per heavy atom. The summed E-state index contributed by atoms with van der Waals surface area (Å²) in [7, 11) is 0. The first kappa shape index (κ1) is 23.9. The molecule has 2 fully saturated rings. The van der Waals surface area contributed by atoms with Crippen molar-refractivity contribution in [3.63, 3.8) is 0 Å². The van der Waals surface area contributed by atoms with Gasteiger partial charge in [-0.2, -0.15) is 0 Å². The monoisotopic (exact) mass is 500 g/mol. The second-order valence-corrected chi connectivity index (χ2v) is 10.6. The first-order valence-electron chi connectivity index (χ1n) is 13.2. The summed E-state index contributed by atoms with van der Waals surface area (Å²) in [6.45, 7) is 6.76. The lowest BCUT2D eigenvalue weighted by Crippen LogP contribution is -2.37. The van der Waals surface area contributed by atoms with Gasteiger partial charge in [-0.25, -0.2) is 4.98 Å². The maximum absolute atomic E-state index is 13.3. The first-order chi connectivity index (χ1) is 18.0. The number of Topliss-reactive ketones (excluding diaryl/α,β-unsaturated/α-hetero) is 1. The van der Waals surface area contributed by atoms with Crippen LogP contribution in [0.2, 0.25) is 0 Å². The van der Waals surface area contributed by atoms with Gasteiger partial charge in [0.25, 0.3) is 5.91 Å². The summed E-state index contributed by atoms with van der Waals surface area (Å²) in [5, 5.41) is 3.04. The SMILES string of the molecule is CC1Cc2cc(NC(=O)c3coc(-c4ccnc(C(C)CC5CC5)c4)n3)c(N3CCOCC3)cc2C1=O. The normalized spacial score (nSPS) is 20.1. The van der Waals surface area contributed by atoms with Crippen molar-refractivity contribution in [2.24, 2.45) is 11.8 Å². The van der Waals surface area contributed by atoms with Crippen molar-refractivity contribution in [2.75, 3.05) is 36.5 Å². The lowest BCUT2D eigenvalue weighted by atomic mass is 9.99. The molecular weight excluding hydrogens is 468 g/mol. The standard InChI is InChI=1S/C29H32N4O4/c1-17(11-19-3-4-19)23-13-20(5-6-30-23)29-32-25(16-37-29)28(35)31-24-14-21-12-18(2)27(34)22(21)15-26(24)33-7-9-36-10-8-33/h5-6,13-19H,3-4,7-12H2,1-2H3,(H,31,35). The average Bonchev–Trinajstić information content (AvgIpc) is 3.50. The molecule has 2 aliphatic carbocycles. The Labute approximate surface area is 216 Å². The summed E-state index contributed by atoms with van der Waals surface area (Å²) in [6, 6.07) is 7.74. The Balaban J connectivity index is 1.24. The number of rotatable bonds is 7. The molecule has 6 rings (SSSR count). The van der Waals surface area contributed by atoms with E-state index in [2.05, 4.69) is 27.1 Å². The molecule has 3 aromatic rings. The number of carbonyl (C=O) groups is 2. The highest BCUT2D eigenvalue weighted by atomic mass is 16.5.